The minimum atomic E-state index is -1.13. The first kappa shape index (κ1) is 15.9. The van der Waals surface area contributed by atoms with E-state index in [0.717, 1.165) is 18.4 Å². The minimum absolute atomic E-state index is 0.231. The predicted molar refractivity (Wildman–Crippen MR) is 95.0 cm³/mol. The van der Waals surface area contributed by atoms with Crippen LogP contribution in [-0.4, -0.2) is 43.8 Å². The summed E-state index contributed by atoms with van der Waals surface area (Å²) >= 11 is 0. The van der Waals surface area contributed by atoms with Crippen LogP contribution in [0.1, 0.15) is 36.0 Å². The molecule has 1 fully saturated rings. The lowest BCUT2D eigenvalue weighted by Gasteiger charge is -2.33. The average molecular weight is 338 g/mol. The third kappa shape index (κ3) is 2.93. The topological polar surface area (TPSA) is 74.2 Å². The van der Waals surface area contributed by atoms with E-state index in [2.05, 4.69) is 34.5 Å². The fraction of sp³-hybridized carbons (Fsp3) is 0.368. The molecule has 3 aromatic rings. The van der Waals surface area contributed by atoms with Gasteiger partial charge in [-0.05, 0) is 30.4 Å². The number of carbonyl (C=O) groups is 1. The molecule has 0 unspecified atom stereocenters. The van der Waals surface area contributed by atoms with E-state index in [1.165, 1.54) is 10.9 Å². The first-order valence-corrected chi connectivity index (χ1v) is 8.65. The number of amides is 1. The number of H-pyrrole nitrogens is 1. The molecule has 3 heterocycles. The molecule has 1 aliphatic heterocycles. The van der Waals surface area contributed by atoms with Crippen LogP contribution in [0.3, 0.4) is 0 Å². The van der Waals surface area contributed by atoms with E-state index >= 15 is 0 Å². The van der Waals surface area contributed by atoms with Crippen molar-refractivity contribution in [1.82, 2.24) is 19.7 Å². The molecule has 130 valence electrons. The second kappa shape index (κ2) is 6.37. The Hall–Kier alpha value is -2.60. The summed E-state index contributed by atoms with van der Waals surface area (Å²) in [6, 6.07) is 8.32. The normalized spacial score (nSPS) is 17.1. The van der Waals surface area contributed by atoms with Crippen LogP contribution in [0, 0.1) is 0 Å². The molecular formula is C19H22N4O2. The average Bonchev–Trinajstić information content (AvgIpc) is 3.27. The number of para-hydroxylation sites is 1. The Bertz CT molecular complexity index is 890. The highest BCUT2D eigenvalue weighted by atomic mass is 16.3. The molecule has 25 heavy (non-hydrogen) atoms. The number of carbonyl (C=O) groups excluding carboxylic acids is 1. The quantitative estimate of drug-likeness (QED) is 0.770. The lowest BCUT2D eigenvalue weighted by Crippen LogP contribution is -2.40. The molecule has 1 aromatic carbocycles. The van der Waals surface area contributed by atoms with Crippen molar-refractivity contribution < 1.29 is 9.90 Å². The maximum absolute atomic E-state index is 12.5. The number of likely N-dealkylation sites (tertiary alicyclic amines) is 1. The Morgan fingerprint density at radius 2 is 2.08 bits per heavy atom. The van der Waals surface area contributed by atoms with Gasteiger partial charge in [0.2, 0.25) is 0 Å². The highest BCUT2D eigenvalue weighted by molar-refractivity contribution is 5.84. The molecule has 6 nitrogen and oxygen atoms in total. The lowest BCUT2D eigenvalue weighted by atomic mass is 9.89. The van der Waals surface area contributed by atoms with Gasteiger partial charge < -0.3 is 15.0 Å². The number of nitrogens with one attached hydrogen (secondary N) is 1. The number of rotatable bonds is 3. The molecular weight excluding hydrogens is 316 g/mol. The van der Waals surface area contributed by atoms with E-state index in [1.54, 1.807) is 29.0 Å². The lowest BCUT2D eigenvalue weighted by molar-refractivity contribution is -0.141. The molecule has 1 amide bonds. The summed E-state index contributed by atoms with van der Waals surface area (Å²) in [6.07, 6.45) is 6.01. The van der Waals surface area contributed by atoms with Crippen molar-refractivity contribution in [2.24, 2.45) is 7.05 Å². The van der Waals surface area contributed by atoms with E-state index in [9.17, 15) is 9.90 Å². The molecule has 1 atom stereocenters. The Labute approximate surface area is 146 Å². The first-order chi connectivity index (χ1) is 12.1. The smallest absolute Gasteiger partial charge is 0.256 e. The number of aliphatic hydroxyl groups is 1. The molecule has 0 spiro atoms. The third-order valence-corrected chi connectivity index (χ3v) is 5.14. The van der Waals surface area contributed by atoms with Crippen LogP contribution in [0.15, 0.2) is 42.9 Å². The standard InChI is InChI=1S/C19H22N4O2/c1-22-12-14(10-21-22)18(24)19(25)23-8-6-13(7-9-23)16-11-20-17-5-3-2-4-15(16)17/h2-5,10-13,18,20,24H,6-9H2,1H3/t18-/m0/s1. The van der Waals surface area contributed by atoms with Gasteiger partial charge >= 0.3 is 0 Å². The van der Waals surface area contributed by atoms with Gasteiger partial charge in [0.15, 0.2) is 6.10 Å². The zero-order valence-corrected chi connectivity index (χ0v) is 14.2. The largest absolute Gasteiger partial charge is 0.378 e. The van der Waals surface area contributed by atoms with Crippen LogP contribution in [0.2, 0.25) is 0 Å². The van der Waals surface area contributed by atoms with Crippen LogP contribution < -0.4 is 0 Å². The molecule has 0 radical (unpaired) electrons. The highest BCUT2D eigenvalue weighted by Crippen LogP contribution is 2.33. The van der Waals surface area contributed by atoms with Crippen molar-refractivity contribution in [1.29, 1.82) is 0 Å². The minimum Gasteiger partial charge on any atom is -0.378 e. The van der Waals surface area contributed by atoms with Gasteiger partial charge in [-0.15, -0.1) is 0 Å². The second-order valence-corrected chi connectivity index (χ2v) is 6.74. The number of aromatic nitrogens is 3. The number of fused-ring (bicyclic) bond motifs is 1. The van der Waals surface area contributed by atoms with Gasteiger partial charge in [-0.1, -0.05) is 18.2 Å². The molecule has 2 aromatic heterocycles. The van der Waals surface area contributed by atoms with Crippen molar-refractivity contribution in [2.75, 3.05) is 13.1 Å². The van der Waals surface area contributed by atoms with E-state index in [1.807, 2.05) is 6.07 Å². The molecule has 1 saturated heterocycles. The summed E-state index contributed by atoms with van der Waals surface area (Å²) in [5.41, 5.74) is 3.03. The van der Waals surface area contributed by atoms with Crippen LogP contribution in [-0.2, 0) is 11.8 Å². The van der Waals surface area contributed by atoms with E-state index in [0.29, 0.717) is 24.6 Å². The first-order valence-electron chi connectivity index (χ1n) is 8.65. The Morgan fingerprint density at radius 3 is 2.80 bits per heavy atom. The summed E-state index contributed by atoms with van der Waals surface area (Å²) in [6.45, 7) is 1.33. The number of piperidine rings is 1. The predicted octanol–water partition coefficient (Wildman–Crippen LogP) is 2.34. The molecule has 4 rings (SSSR count). The van der Waals surface area contributed by atoms with Gasteiger partial charge in [-0.3, -0.25) is 9.48 Å². The van der Waals surface area contributed by atoms with Gasteiger partial charge in [0.25, 0.3) is 5.91 Å². The summed E-state index contributed by atoms with van der Waals surface area (Å²) in [5, 5.41) is 15.6. The number of aromatic amines is 1. The number of aliphatic hydroxyl groups excluding tert-OH is 1. The summed E-state index contributed by atoms with van der Waals surface area (Å²) < 4.78 is 1.59. The summed E-state index contributed by atoms with van der Waals surface area (Å²) in [4.78, 5) is 17.6. The van der Waals surface area contributed by atoms with Gasteiger partial charge in [-0.2, -0.15) is 5.10 Å². The fourth-order valence-corrected chi connectivity index (χ4v) is 3.74. The Balaban J connectivity index is 1.43. The Kier molecular flexibility index (Phi) is 4.05. The third-order valence-electron chi connectivity index (χ3n) is 5.14. The van der Waals surface area contributed by atoms with Crippen molar-refractivity contribution in [3.05, 3.63) is 54.0 Å². The van der Waals surface area contributed by atoms with Crippen molar-refractivity contribution in [2.45, 2.75) is 24.9 Å². The van der Waals surface area contributed by atoms with Crippen LogP contribution in [0.5, 0.6) is 0 Å². The summed E-state index contributed by atoms with van der Waals surface area (Å²) in [5.74, 6) is 0.209. The zero-order chi connectivity index (χ0) is 17.4. The number of nitrogens with zero attached hydrogens (tertiary/aromatic N) is 3. The molecule has 6 heteroatoms. The van der Waals surface area contributed by atoms with Crippen LogP contribution >= 0.6 is 0 Å². The van der Waals surface area contributed by atoms with E-state index in [4.69, 9.17) is 0 Å². The van der Waals surface area contributed by atoms with E-state index in [-0.39, 0.29) is 5.91 Å². The maximum atomic E-state index is 12.5. The fourth-order valence-electron chi connectivity index (χ4n) is 3.74. The number of aryl methyl sites for hydroxylation is 1. The SMILES string of the molecule is Cn1cc([C@H](O)C(=O)N2CCC(c3c[nH]c4ccccc34)CC2)cn1. The van der Waals surface area contributed by atoms with Crippen molar-refractivity contribution >= 4 is 16.8 Å². The van der Waals surface area contributed by atoms with Gasteiger partial charge in [-0.25, -0.2) is 0 Å². The van der Waals surface area contributed by atoms with Gasteiger partial charge in [0, 0.05) is 49.0 Å². The van der Waals surface area contributed by atoms with Crippen LogP contribution in [0.25, 0.3) is 10.9 Å². The Morgan fingerprint density at radius 1 is 1.32 bits per heavy atom. The number of hydrogen-bond acceptors (Lipinski definition) is 3. The molecule has 1 aliphatic rings. The maximum Gasteiger partial charge on any atom is 0.256 e. The molecule has 0 aliphatic carbocycles. The van der Waals surface area contributed by atoms with Crippen molar-refractivity contribution in [3.8, 4) is 0 Å². The number of hydrogen-bond donors (Lipinski definition) is 2. The summed E-state index contributed by atoms with van der Waals surface area (Å²) in [7, 11) is 1.77. The molecule has 0 bridgehead atoms. The number of benzene rings is 1. The zero-order valence-electron chi connectivity index (χ0n) is 14.2. The van der Waals surface area contributed by atoms with Gasteiger partial charge in [0.05, 0.1) is 6.20 Å². The highest BCUT2D eigenvalue weighted by Gasteiger charge is 2.29. The monoisotopic (exact) mass is 338 g/mol. The van der Waals surface area contributed by atoms with E-state index < -0.39 is 6.10 Å². The van der Waals surface area contributed by atoms with Crippen molar-refractivity contribution in [3.63, 3.8) is 0 Å². The molecule has 0 saturated carbocycles. The molecule has 2 N–H and O–H groups in total. The van der Waals surface area contributed by atoms with Crippen LogP contribution in [0.4, 0.5) is 0 Å². The van der Waals surface area contributed by atoms with Gasteiger partial charge in [0.1, 0.15) is 0 Å². The second-order valence-electron chi connectivity index (χ2n) is 6.74.